The van der Waals surface area contributed by atoms with Crippen molar-refractivity contribution in [3.63, 3.8) is 0 Å². The molecule has 1 saturated heterocycles. The maximum Gasteiger partial charge on any atom is 0.251 e. The first-order valence-electron chi connectivity index (χ1n) is 9.34. The predicted octanol–water partition coefficient (Wildman–Crippen LogP) is 3.63. The van der Waals surface area contributed by atoms with E-state index in [0.717, 1.165) is 24.0 Å². The number of rotatable bonds is 6. The number of ether oxygens (including phenoxy) is 3. The first-order valence-corrected chi connectivity index (χ1v) is 9.34. The maximum atomic E-state index is 13.4. The van der Waals surface area contributed by atoms with E-state index in [1.165, 1.54) is 12.1 Å². The van der Waals surface area contributed by atoms with Crippen molar-refractivity contribution in [2.24, 2.45) is 0 Å². The molecule has 0 aliphatic carbocycles. The Morgan fingerprint density at radius 3 is 2.21 bits per heavy atom. The molecule has 3 rings (SSSR count). The van der Waals surface area contributed by atoms with Crippen LogP contribution in [0.5, 0.6) is 11.5 Å². The molecule has 0 unspecified atom stereocenters. The molecule has 150 valence electrons. The van der Waals surface area contributed by atoms with Crippen molar-refractivity contribution in [2.75, 3.05) is 34.0 Å². The molecule has 1 heterocycles. The maximum absolute atomic E-state index is 13.4. The van der Waals surface area contributed by atoms with Gasteiger partial charge in [0.1, 0.15) is 17.3 Å². The van der Waals surface area contributed by atoms with Crippen LogP contribution in [0.25, 0.3) is 0 Å². The molecule has 6 heteroatoms. The third-order valence-corrected chi connectivity index (χ3v) is 5.51. The standard InChI is InChI=1S/C22H26FNO4/c1-15-19(26-2)12-16(13-20(15)27-3)21(25)24-14-22(8-10-28-11-9-22)17-4-6-18(23)7-5-17/h4-7,12-13H,8-11,14H2,1-3H3,(H,24,25). The molecule has 1 amide bonds. The Kier molecular flexibility index (Phi) is 6.19. The van der Waals surface area contributed by atoms with Gasteiger partial charge < -0.3 is 19.5 Å². The molecular weight excluding hydrogens is 361 g/mol. The minimum absolute atomic E-state index is 0.204. The Morgan fingerprint density at radius 2 is 1.68 bits per heavy atom. The smallest absolute Gasteiger partial charge is 0.251 e. The van der Waals surface area contributed by atoms with E-state index < -0.39 is 0 Å². The molecule has 2 aromatic rings. The number of halogens is 1. The fourth-order valence-corrected chi connectivity index (χ4v) is 3.70. The predicted molar refractivity (Wildman–Crippen MR) is 105 cm³/mol. The van der Waals surface area contributed by atoms with Gasteiger partial charge in [0, 0.05) is 36.3 Å². The molecule has 28 heavy (non-hydrogen) atoms. The zero-order chi connectivity index (χ0) is 20.1. The summed E-state index contributed by atoms with van der Waals surface area (Å²) in [5, 5.41) is 3.05. The molecule has 1 N–H and O–H groups in total. The Bertz CT molecular complexity index is 804. The number of hydrogen-bond acceptors (Lipinski definition) is 4. The third-order valence-electron chi connectivity index (χ3n) is 5.51. The lowest BCUT2D eigenvalue weighted by molar-refractivity contribution is 0.0487. The van der Waals surface area contributed by atoms with Crippen LogP contribution in [0.3, 0.4) is 0 Å². The first kappa shape index (κ1) is 20.1. The van der Waals surface area contributed by atoms with Crippen LogP contribution in [0.1, 0.15) is 34.3 Å². The van der Waals surface area contributed by atoms with Crippen molar-refractivity contribution >= 4 is 5.91 Å². The fraction of sp³-hybridized carbons (Fsp3) is 0.409. The lowest BCUT2D eigenvalue weighted by Crippen LogP contribution is -2.44. The van der Waals surface area contributed by atoms with Gasteiger partial charge in [-0.25, -0.2) is 4.39 Å². The normalized spacial score (nSPS) is 15.7. The van der Waals surface area contributed by atoms with Crippen LogP contribution < -0.4 is 14.8 Å². The molecule has 5 nitrogen and oxygen atoms in total. The average molecular weight is 387 g/mol. The Labute approximate surface area is 164 Å². The van der Waals surface area contributed by atoms with Gasteiger partial charge in [-0.05, 0) is 49.6 Å². The second-order valence-corrected chi connectivity index (χ2v) is 7.09. The molecule has 1 aliphatic rings. The van der Waals surface area contributed by atoms with Gasteiger partial charge in [0.2, 0.25) is 0 Å². The van der Waals surface area contributed by atoms with E-state index in [0.29, 0.717) is 36.8 Å². The number of methoxy groups -OCH3 is 2. The summed E-state index contributed by atoms with van der Waals surface area (Å²) in [6.45, 7) is 3.54. The minimum Gasteiger partial charge on any atom is -0.496 e. The number of hydrogen-bond donors (Lipinski definition) is 1. The Balaban J connectivity index is 1.82. The Morgan fingerprint density at radius 1 is 1.11 bits per heavy atom. The summed E-state index contributed by atoms with van der Waals surface area (Å²) in [7, 11) is 3.13. The molecule has 1 aliphatic heterocycles. The van der Waals surface area contributed by atoms with Crippen molar-refractivity contribution in [1.29, 1.82) is 0 Å². The third kappa shape index (κ3) is 4.12. The summed E-state index contributed by atoms with van der Waals surface area (Å²) in [6, 6.07) is 9.94. The number of benzene rings is 2. The summed E-state index contributed by atoms with van der Waals surface area (Å²) in [6.07, 6.45) is 1.53. The quantitative estimate of drug-likeness (QED) is 0.822. The summed E-state index contributed by atoms with van der Waals surface area (Å²) < 4.78 is 29.6. The topological polar surface area (TPSA) is 56.8 Å². The summed E-state index contributed by atoms with van der Waals surface area (Å²) in [5.74, 6) is 0.728. The number of nitrogens with one attached hydrogen (secondary N) is 1. The molecule has 2 aromatic carbocycles. The van der Waals surface area contributed by atoms with Gasteiger partial charge in [0.15, 0.2) is 0 Å². The lowest BCUT2D eigenvalue weighted by Gasteiger charge is -2.38. The van der Waals surface area contributed by atoms with Gasteiger partial charge in [-0.2, -0.15) is 0 Å². The van der Waals surface area contributed by atoms with Gasteiger partial charge in [-0.1, -0.05) is 12.1 Å². The monoisotopic (exact) mass is 387 g/mol. The highest BCUT2D eigenvalue weighted by atomic mass is 19.1. The number of amides is 1. The molecule has 0 saturated carbocycles. The second kappa shape index (κ2) is 8.61. The average Bonchev–Trinajstić information content (AvgIpc) is 2.73. The van der Waals surface area contributed by atoms with Gasteiger partial charge >= 0.3 is 0 Å². The van der Waals surface area contributed by atoms with Crippen LogP contribution in [-0.4, -0.2) is 39.9 Å². The molecule has 0 bridgehead atoms. The van der Waals surface area contributed by atoms with E-state index in [9.17, 15) is 9.18 Å². The highest BCUT2D eigenvalue weighted by Gasteiger charge is 2.35. The van der Waals surface area contributed by atoms with Crippen molar-refractivity contribution < 1.29 is 23.4 Å². The summed E-state index contributed by atoms with van der Waals surface area (Å²) in [5.41, 5.74) is 2.05. The van der Waals surface area contributed by atoms with E-state index in [1.54, 1.807) is 38.5 Å². The highest BCUT2D eigenvalue weighted by Crippen LogP contribution is 2.35. The highest BCUT2D eigenvalue weighted by molar-refractivity contribution is 5.95. The number of carbonyl (C=O) groups excluding carboxylic acids is 1. The van der Waals surface area contributed by atoms with E-state index in [4.69, 9.17) is 14.2 Å². The Hall–Kier alpha value is -2.60. The van der Waals surface area contributed by atoms with Crippen LogP contribution >= 0.6 is 0 Å². The summed E-state index contributed by atoms with van der Waals surface area (Å²) >= 11 is 0. The van der Waals surface area contributed by atoms with E-state index in [-0.39, 0.29) is 17.1 Å². The van der Waals surface area contributed by atoms with Crippen LogP contribution in [0.15, 0.2) is 36.4 Å². The fourth-order valence-electron chi connectivity index (χ4n) is 3.70. The van der Waals surface area contributed by atoms with Crippen molar-refractivity contribution in [3.8, 4) is 11.5 Å². The largest absolute Gasteiger partial charge is 0.496 e. The van der Waals surface area contributed by atoms with Gasteiger partial charge in [-0.15, -0.1) is 0 Å². The van der Waals surface area contributed by atoms with E-state index >= 15 is 0 Å². The van der Waals surface area contributed by atoms with Crippen molar-refractivity contribution in [2.45, 2.75) is 25.2 Å². The molecule has 0 spiro atoms. The van der Waals surface area contributed by atoms with Crippen molar-refractivity contribution in [1.82, 2.24) is 5.32 Å². The molecule has 0 atom stereocenters. The lowest BCUT2D eigenvalue weighted by atomic mass is 9.74. The van der Waals surface area contributed by atoms with E-state index in [1.807, 2.05) is 6.92 Å². The van der Waals surface area contributed by atoms with Crippen LogP contribution in [0.4, 0.5) is 4.39 Å². The molecule has 1 fully saturated rings. The molecule has 0 aromatic heterocycles. The van der Waals surface area contributed by atoms with Gasteiger partial charge in [0.25, 0.3) is 5.91 Å². The number of carbonyl (C=O) groups is 1. The van der Waals surface area contributed by atoms with E-state index in [2.05, 4.69) is 5.32 Å². The minimum atomic E-state index is -0.277. The van der Waals surface area contributed by atoms with Gasteiger partial charge in [0.05, 0.1) is 14.2 Å². The zero-order valence-corrected chi connectivity index (χ0v) is 16.5. The molecular formula is C22H26FNO4. The van der Waals surface area contributed by atoms with Crippen molar-refractivity contribution in [3.05, 3.63) is 58.9 Å². The SMILES string of the molecule is COc1cc(C(=O)NCC2(c3ccc(F)cc3)CCOCC2)cc(OC)c1C. The van der Waals surface area contributed by atoms with Crippen LogP contribution in [0.2, 0.25) is 0 Å². The second-order valence-electron chi connectivity index (χ2n) is 7.09. The van der Waals surface area contributed by atoms with Gasteiger partial charge in [-0.3, -0.25) is 4.79 Å². The first-order chi connectivity index (χ1) is 13.5. The zero-order valence-electron chi connectivity index (χ0n) is 16.5. The summed E-state index contributed by atoms with van der Waals surface area (Å²) in [4.78, 5) is 12.8. The van der Waals surface area contributed by atoms with Crippen LogP contribution in [0, 0.1) is 12.7 Å². The van der Waals surface area contributed by atoms with Crippen LogP contribution in [-0.2, 0) is 10.2 Å². The molecule has 0 radical (unpaired) electrons.